The van der Waals surface area contributed by atoms with Gasteiger partial charge in [-0.15, -0.1) is 0 Å². The first-order chi connectivity index (χ1) is 19.9. The largest absolute Gasteiger partial charge is 0.359 e. The number of fused-ring (bicyclic) bond motifs is 1. The van der Waals surface area contributed by atoms with Gasteiger partial charge in [0.25, 0.3) is 0 Å². The van der Waals surface area contributed by atoms with E-state index in [0.29, 0.717) is 55.9 Å². The van der Waals surface area contributed by atoms with Gasteiger partial charge in [0.05, 0.1) is 6.04 Å². The zero-order valence-corrected chi connectivity index (χ0v) is 24.7. The molecule has 0 aromatic heterocycles. The van der Waals surface area contributed by atoms with Crippen LogP contribution < -0.4 is 16.0 Å². The Kier molecular flexibility index (Phi) is 9.96. The summed E-state index contributed by atoms with van der Waals surface area (Å²) in [5, 5.41) is 9.87. The Labute approximate surface area is 248 Å². The van der Waals surface area contributed by atoms with Gasteiger partial charge in [0, 0.05) is 63.7 Å². The SMILES string of the molecule is CNC(=O)CC1CCCCC1N1CCN(C(=O)C(Cc2ccc(Cl)cc2)NC(=O)[C@@H]2Cc3ccccc3CN2)CC1. The molecule has 2 aliphatic heterocycles. The number of nitrogens with zero attached hydrogens (tertiary/aromatic N) is 2. The molecule has 41 heavy (non-hydrogen) atoms. The Hall–Kier alpha value is -2.94. The van der Waals surface area contributed by atoms with Crippen molar-refractivity contribution in [3.63, 3.8) is 0 Å². The van der Waals surface area contributed by atoms with Crippen molar-refractivity contribution in [3.8, 4) is 0 Å². The summed E-state index contributed by atoms with van der Waals surface area (Å²) in [7, 11) is 1.70. The van der Waals surface area contributed by atoms with Gasteiger partial charge in [0.1, 0.15) is 6.04 Å². The number of amides is 3. The van der Waals surface area contributed by atoms with Gasteiger partial charge in [0.15, 0.2) is 0 Å². The molecule has 2 heterocycles. The maximum absolute atomic E-state index is 13.9. The van der Waals surface area contributed by atoms with E-state index in [1.165, 1.54) is 24.0 Å². The minimum absolute atomic E-state index is 0.0466. The third-order valence-electron chi connectivity index (χ3n) is 9.06. The second kappa shape index (κ2) is 13.8. The summed E-state index contributed by atoms with van der Waals surface area (Å²) in [6.45, 7) is 3.43. The fourth-order valence-corrected chi connectivity index (χ4v) is 6.84. The molecule has 2 aromatic carbocycles. The molecule has 8 nitrogen and oxygen atoms in total. The molecular formula is C32H42ClN5O3. The molecule has 3 aliphatic rings. The van der Waals surface area contributed by atoms with Crippen molar-refractivity contribution in [1.29, 1.82) is 0 Å². The van der Waals surface area contributed by atoms with Crippen molar-refractivity contribution in [2.45, 2.75) is 69.6 Å². The molecule has 3 N–H and O–H groups in total. The third-order valence-corrected chi connectivity index (χ3v) is 9.31. The lowest BCUT2D eigenvalue weighted by molar-refractivity contribution is -0.139. The average molecular weight is 580 g/mol. The molecule has 5 rings (SSSR count). The number of benzene rings is 2. The molecule has 1 saturated carbocycles. The molecule has 0 spiro atoms. The third kappa shape index (κ3) is 7.48. The zero-order valence-electron chi connectivity index (χ0n) is 23.9. The summed E-state index contributed by atoms with van der Waals surface area (Å²) >= 11 is 6.10. The van der Waals surface area contributed by atoms with E-state index < -0.39 is 6.04 Å². The topological polar surface area (TPSA) is 93.8 Å². The van der Waals surface area contributed by atoms with Crippen molar-refractivity contribution in [2.75, 3.05) is 33.2 Å². The highest BCUT2D eigenvalue weighted by Crippen LogP contribution is 2.31. The number of carbonyl (C=O) groups is 3. The fourth-order valence-electron chi connectivity index (χ4n) is 6.71. The molecule has 4 atom stereocenters. The molecular weight excluding hydrogens is 538 g/mol. The smallest absolute Gasteiger partial charge is 0.245 e. The van der Waals surface area contributed by atoms with Gasteiger partial charge < -0.3 is 20.9 Å². The van der Waals surface area contributed by atoms with E-state index in [1.54, 1.807) is 7.05 Å². The molecule has 2 fully saturated rings. The molecule has 0 bridgehead atoms. The summed E-state index contributed by atoms with van der Waals surface area (Å²) in [5.41, 5.74) is 3.33. The van der Waals surface area contributed by atoms with Gasteiger partial charge in [-0.2, -0.15) is 0 Å². The Balaban J connectivity index is 1.24. The lowest BCUT2D eigenvalue weighted by atomic mass is 9.81. The van der Waals surface area contributed by atoms with Crippen LogP contribution in [0, 0.1) is 5.92 Å². The van der Waals surface area contributed by atoms with Crippen LogP contribution >= 0.6 is 11.6 Å². The number of rotatable bonds is 8. The minimum atomic E-state index is -0.662. The average Bonchev–Trinajstić information content (AvgIpc) is 3.01. The van der Waals surface area contributed by atoms with E-state index in [-0.39, 0.29) is 23.8 Å². The lowest BCUT2D eigenvalue weighted by Crippen LogP contribution is -2.59. The maximum Gasteiger partial charge on any atom is 0.245 e. The highest BCUT2D eigenvalue weighted by atomic mass is 35.5. The van der Waals surface area contributed by atoms with Crippen molar-refractivity contribution in [3.05, 3.63) is 70.2 Å². The number of piperazine rings is 1. The lowest BCUT2D eigenvalue weighted by Gasteiger charge is -2.44. The molecule has 3 unspecified atom stereocenters. The van der Waals surface area contributed by atoms with Crippen LogP contribution in [0.3, 0.4) is 0 Å². The van der Waals surface area contributed by atoms with Gasteiger partial charge in [-0.1, -0.05) is 60.8 Å². The molecule has 0 radical (unpaired) electrons. The zero-order chi connectivity index (χ0) is 28.8. The highest BCUT2D eigenvalue weighted by Gasteiger charge is 2.36. The van der Waals surface area contributed by atoms with Crippen LogP contribution in [0.4, 0.5) is 0 Å². The Bertz CT molecular complexity index is 1210. The second-order valence-corrected chi connectivity index (χ2v) is 12.1. The molecule has 1 saturated heterocycles. The summed E-state index contributed by atoms with van der Waals surface area (Å²) in [4.78, 5) is 43.9. The number of hydrogen-bond donors (Lipinski definition) is 3. The van der Waals surface area contributed by atoms with Gasteiger partial charge in [-0.05, 0) is 54.0 Å². The summed E-state index contributed by atoms with van der Waals surface area (Å²) < 4.78 is 0. The van der Waals surface area contributed by atoms with Gasteiger partial charge in [-0.3, -0.25) is 19.3 Å². The van der Waals surface area contributed by atoms with Crippen molar-refractivity contribution in [1.82, 2.24) is 25.8 Å². The maximum atomic E-state index is 13.9. The van der Waals surface area contributed by atoms with Crippen LogP contribution in [-0.2, 0) is 33.8 Å². The molecule has 2 aromatic rings. The first-order valence-electron chi connectivity index (χ1n) is 15.0. The monoisotopic (exact) mass is 579 g/mol. The number of carbonyl (C=O) groups excluding carboxylic acids is 3. The molecule has 9 heteroatoms. The predicted octanol–water partition coefficient (Wildman–Crippen LogP) is 2.92. The van der Waals surface area contributed by atoms with E-state index in [1.807, 2.05) is 41.3 Å². The van der Waals surface area contributed by atoms with E-state index in [0.717, 1.165) is 31.5 Å². The van der Waals surface area contributed by atoms with Crippen molar-refractivity contribution >= 4 is 29.3 Å². The molecule has 3 amide bonds. The first kappa shape index (κ1) is 29.5. The normalized spacial score (nSPS) is 23.8. The van der Waals surface area contributed by atoms with E-state index >= 15 is 0 Å². The van der Waals surface area contributed by atoms with Crippen molar-refractivity contribution in [2.24, 2.45) is 5.92 Å². The van der Waals surface area contributed by atoms with Crippen LogP contribution in [0.25, 0.3) is 0 Å². The van der Waals surface area contributed by atoms with Gasteiger partial charge in [0.2, 0.25) is 17.7 Å². The van der Waals surface area contributed by atoms with Crippen LogP contribution in [0.1, 0.15) is 48.8 Å². The van der Waals surface area contributed by atoms with Crippen LogP contribution in [0.15, 0.2) is 48.5 Å². The predicted molar refractivity (Wildman–Crippen MR) is 160 cm³/mol. The standard InChI is InChI=1S/C32H42ClN5O3/c1-34-30(39)20-24-7-4-5-9-29(24)37-14-16-38(17-15-37)32(41)28(18-22-10-12-26(33)13-11-22)36-31(40)27-19-23-6-2-3-8-25(23)21-35-27/h2-3,6,8,10-13,24,27-29,35H,4-5,7,9,14-21H2,1H3,(H,34,39)(H,36,40)/t24?,27-,28?,29?/m0/s1. The quantitative estimate of drug-likeness (QED) is 0.447. The second-order valence-electron chi connectivity index (χ2n) is 11.6. The number of nitrogens with one attached hydrogen (secondary N) is 3. The summed E-state index contributed by atoms with van der Waals surface area (Å²) in [6, 6.07) is 15.0. The van der Waals surface area contributed by atoms with Gasteiger partial charge in [-0.25, -0.2) is 0 Å². The highest BCUT2D eigenvalue weighted by molar-refractivity contribution is 6.30. The van der Waals surface area contributed by atoms with Crippen LogP contribution in [0.2, 0.25) is 5.02 Å². The van der Waals surface area contributed by atoms with E-state index in [4.69, 9.17) is 11.6 Å². The fraction of sp³-hybridized carbons (Fsp3) is 0.531. The number of hydrogen-bond acceptors (Lipinski definition) is 5. The van der Waals surface area contributed by atoms with Crippen LogP contribution in [-0.4, -0.2) is 78.9 Å². The Morgan fingerprint density at radius 2 is 1.68 bits per heavy atom. The number of halogens is 1. The van der Waals surface area contributed by atoms with Gasteiger partial charge >= 0.3 is 0 Å². The Morgan fingerprint density at radius 1 is 0.976 bits per heavy atom. The van der Waals surface area contributed by atoms with Crippen molar-refractivity contribution < 1.29 is 14.4 Å². The Morgan fingerprint density at radius 3 is 2.41 bits per heavy atom. The molecule has 220 valence electrons. The van der Waals surface area contributed by atoms with Crippen LogP contribution in [0.5, 0.6) is 0 Å². The first-order valence-corrected chi connectivity index (χ1v) is 15.4. The summed E-state index contributed by atoms with van der Waals surface area (Å²) in [5.74, 6) is 0.267. The van der Waals surface area contributed by atoms with E-state index in [2.05, 4.69) is 33.0 Å². The van der Waals surface area contributed by atoms with E-state index in [9.17, 15) is 14.4 Å². The molecule has 1 aliphatic carbocycles. The summed E-state index contributed by atoms with van der Waals surface area (Å²) in [6.07, 6.45) is 6.10. The minimum Gasteiger partial charge on any atom is -0.359 e.